The Hall–Kier alpha value is -1.89. The first-order valence-electron chi connectivity index (χ1n) is 5.76. The number of non-ortho nitro benzene ring substituents is 1. The number of nitro benzene ring substituents is 1. The predicted octanol–water partition coefficient (Wildman–Crippen LogP) is 3.18. The predicted molar refractivity (Wildman–Crippen MR) is 63.4 cm³/mol. The van der Waals surface area contributed by atoms with Crippen LogP contribution in [0, 0.1) is 27.4 Å². The molecule has 2 unspecified atom stereocenters. The molecule has 88 valence electrons. The molecular weight excluding hydrogens is 216 g/mol. The molecule has 1 aliphatic carbocycles. The molecule has 0 aliphatic heterocycles. The van der Waals surface area contributed by atoms with Crippen LogP contribution in [0.3, 0.4) is 0 Å². The SMILES string of the molecule is CC1CCCC1(C#N)c1ccc([N+](=O)[O-])cc1. The highest BCUT2D eigenvalue weighted by Crippen LogP contribution is 2.45. The summed E-state index contributed by atoms with van der Waals surface area (Å²) < 4.78 is 0. The fourth-order valence-electron chi connectivity index (χ4n) is 2.72. The lowest BCUT2D eigenvalue weighted by Crippen LogP contribution is -2.26. The Labute approximate surface area is 100 Å². The second-order valence-corrected chi connectivity index (χ2v) is 4.68. The van der Waals surface area contributed by atoms with Crippen LogP contribution in [0.15, 0.2) is 24.3 Å². The Balaban J connectivity index is 2.39. The van der Waals surface area contributed by atoms with Crippen molar-refractivity contribution in [2.24, 2.45) is 5.92 Å². The molecule has 0 N–H and O–H groups in total. The maximum atomic E-state index is 10.6. The standard InChI is InChI=1S/C13H14N2O2/c1-10-3-2-8-13(10,9-14)11-4-6-12(7-5-11)15(16)17/h4-7,10H,2-3,8H2,1H3. The van der Waals surface area contributed by atoms with Crippen molar-refractivity contribution in [1.82, 2.24) is 0 Å². The smallest absolute Gasteiger partial charge is 0.258 e. The van der Waals surface area contributed by atoms with Gasteiger partial charge in [-0.15, -0.1) is 0 Å². The van der Waals surface area contributed by atoms with Gasteiger partial charge in [-0.25, -0.2) is 0 Å². The summed E-state index contributed by atoms with van der Waals surface area (Å²) in [6.45, 7) is 2.08. The minimum atomic E-state index is -0.449. The van der Waals surface area contributed by atoms with Crippen LogP contribution in [0.2, 0.25) is 0 Å². The lowest BCUT2D eigenvalue weighted by atomic mass is 9.74. The van der Waals surface area contributed by atoms with E-state index in [4.69, 9.17) is 0 Å². The van der Waals surface area contributed by atoms with E-state index in [0.29, 0.717) is 5.92 Å². The second-order valence-electron chi connectivity index (χ2n) is 4.68. The number of hydrogen-bond acceptors (Lipinski definition) is 3. The van der Waals surface area contributed by atoms with Crippen LogP contribution in [0.5, 0.6) is 0 Å². The molecule has 2 rings (SSSR count). The number of hydrogen-bond donors (Lipinski definition) is 0. The molecule has 4 nitrogen and oxygen atoms in total. The first-order valence-corrected chi connectivity index (χ1v) is 5.76. The summed E-state index contributed by atoms with van der Waals surface area (Å²) in [7, 11) is 0. The van der Waals surface area contributed by atoms with E-state index in [1.807, 2.05) is 0 Å². The van der Waals surface area contributed by atoms with Crippen LogP contribution < -0.4 is 0 Å². The third kappa shape index (κ3) is 1.78. The topological polar surface area (TPSA) is 66.9 Å². The van der Waals surface area contributed by atoms with E-state index in [1.54, 1.807) is 12.1 Å². The van der Waals surface area contributed by atoms with E-state index < -0.39 is 10.3 Å². The van der Waals surface area contributed by atoms with Crippen molar-refractivity contribution in [3.8, 4) is 6.07 Å². The molecule has 0 saturated heterocycles. The van der Waals surface area contributed by atoms with Crippen LogP contribution in [0.25, 0.3) is 0 Å². The highest BCUT2D eigenvalue weighted by Gasteiger charge is 2.42. The van der Waals surface area contributed by atoms with Crippen molar-refractivity contribution in [2.75, 3.05) is 0 Å². The normalized spacial score (nSPS) is 27.6. The van der Waals surface area contributed by atoms with Gasteiger partial charge < -0.3 is 0 Å². The highest BCUT2D eigenvalue weighted by molar-refractivity contribution is 5.41. The zero-order chi connectivity index (χ0) is 12.5. The molecule has 1 fully saturated rings. The third-order valence-electron chi connectivity index (χ3n) is 3.84. The molecule has 0 aromatic heterocycles. The number of rotatable bonds is 2. The molecule has 17 heavy (non-hydrogen) atoms. The number of benzene rings is 1. The Morgan fingerprint density at radius 3 is 2.53 bits per heavy atom. The lowest BCUT2D eigenvalue weighted by Gasteiger charge is -2.26. The second kappa shape index (κ2) is 4.17. The monoisotopic (exact) mass is 230 g/mol. The van der Waals surface area contributed by atoms with Crippen molar-refractivity contribution in [1.29, 1.82) is 5.26 Å². The van der Waals surface area contributed by atoms with E-state index in [9.17, 15) is 15.4 Å². The van der Waals surface area contributed by atoms with Crippen LogP contribution >= 0.6 is 0 Å². The van der Waals surface area contributed by atoms with Gasteiger partial charge in [-0.1, -0.05) is 25.5 Å². The summed E-state index contributed by atoms with van der Waals surface area (Å²) in [6, 6.07) is 8.84. The fraction of sp³-hybridized carbons (Fsp3) is 0.462. The highest BCUT2D eigenvalue weighted by atomic mass is 16.6. The molecule has 1 saturated carbocycles. The summed E-state index contributed by atoms with van der Waals surface area (Å²) in [6.07, 6.45) is 2.94. The van der Waals surface area contributed by atoms with Gasteiger partial charge in [0, 0.05) is 12.1 Å². The molecule has 0 bridgehead atoms. The molecule has 1 aromatic carbocycles. The van der Waals surface area contributed by atoms with E-state index in [1.165, 1.54) is 12.1 Å². The molecule has 0 radical (unpaired) electrons. The fourth-order valence-corrected chi connectivity index (χ4v) is 2.72. The van der Waals surface area contributed by atoms with E-state index in [2.05, 4.69) is 13.0 Å². The summed E-state index contributed by atoms with van der Waals surface area (Å²) >= 11 is 0. The van der Waals surface area contributed by atoms with Gasteiger partial charge in [0.2, 0.25) is 0 Å². The van der Waals surface area contributed by atoms with Gasteiger partial charge in [-0.3, -0.25) is 10.1 Å². The van der Waals surface area contributed by atoms with E-state index >= 15 is 0 Å². The lowest BCUT2D eigenvalue weighted by molar-refractivity contribution is -0.384. The van der Waals surface area contributed by atoms with Gasteiger partial charge in [0.15, 0.2) is 0 Å². The summed E-state index contributed by atoms with van der Waals surface area (Å²) in [5.74, 6) is 0.314. The van der Waals surface area contributed by atoms with Crippen LogP contribution in [-0.2, 0) is 5.41 Å². The van der Waals surface area contributed by atoms with Gasteiger partial charge in [0.25, 0.3) is 5.69 Å². The molecule has 0 amide bonds. The summed E-state index contributed by atoms with van der Waals surface area (Å²) in [5, 5.41) is 20.0. The largest absolute Gasteiger partial charge is 0.269 e. The van der Waals surface area contributed by atoms with Crippen LogP contribution in [0.4, 0.5) is 5.69 Å². The molecule has 0 spiro atoms. The maximum absolute atomic E-state index is 10.6. The van der Waals surface area contributed by atoms with Gasteiger partial charge in [0.05, 0.1) is 16.4 Å². The zero-order valence-electron chi connectivity index (χ0n) is 9.72. The molecule has 4 heteroatoms. The zero-order valence-corrected chi connectivity index (χ0v) is 9.72. The van der Waals surface area contributed by atoms with E-state index in [0.717, 1.165) is 24.8 Å². The first kappa shape index (κ1) is 11.6. The van der Waals surface area contributed by atoms with Gasteiger partial charge in [-0.2, -0.15) is 5.26 Å². The Morgan fingerprint density at radius 2 is 2.12 bits per heavy atom. The van der Waals surface area contributed by atoms with Crippen molar-refractivity contribution < 1.29 is 4.92 Å². The van der Waals surface area contributed by atoms with Crippen LogP contribution in [0.1, 0.15) is 31.7 Å². The van der Waals surface area contributed by atoms with E-state index in [-0.39, 0.29) is 5.69 Å². The maximum Gasteiger partial charge on any atom is 0.269 e. The minimum Gasteiger partial charge on any atom is -0.258 e. The average Bonchev–Trinajstić information content (AvgIpc) is 2.71. The van der Waals surface area contributed by atoms with Crippen molar-refractivity contribution in [3.05, 3.63) is 39.9 Å². The van der Waals surface area contributed by atoms with Gasteiger partial charge in [0.1, 0.15) is 0 Å². The third-order valence-corrected chi connectivity index (χ3v) is 3.84. The summed E-state index contributed by atoms with van der Waals surface area (Å²) in [4.78, 5) is 10.2. The molecule has 1 aliphatic rings. The quantitative estimate of drug-likeness (QED) is 0.578. The first-order chi connectivity index (χ1) is 8.10. The van der Waals surface area contributed by atoms with Crippen molar-refractivity contribution >= 4 is 5.69 Å². The average molecular weight is 230 g/mol. The number of nitriles is 1. The van der Waals surface area contributed by atoms with Gasteiger partial charge >= 0.3 is 0 Å². The Bertz CT molecular complexity index is 475. The molecule has 0 heterocycles. The molecule has 1 aromatic rings. The Morgan fingerprint density at radius 1 is 1.47 bits per heavy atom. The Kier molecular flexibility index (Phi) is 2.84. The van der Waals surface area contributed by atoms with Crippen LogP contribution in [-0.4, -0.2) is 4.92 Å². The van der Waals surface area contributed by atoms with Crippen molar-refractivity contribution in [3.63, 3.8) is 0 Å². The number of nitrogens with zero attached hydrogens (tertiary/aromatic N) is 2. The molecule has 2 atom stereocenters. The minimum absolute atomic E-state index is 0.0764. The number of nitro groups is 1. The van der Waals surface area contributed by atoms with Crippen molar-refractivity contribution in [2.45, 2.75) is 31.6 Å². The summed E-state index contributed by atoms with van der Waals surface area (Å²) in [5.41, 5.74) is 0.540. The van der Waals surface area contributed by atoms with Gasteiger partial charge in [-0.05, 0) is 24.3 Å². The molecular formula is C13H14N2O2.